The highest BCUT2D eigenvalue weighted by molar-refractivity contribution is 5.42. The molecule has 0 aliphatic carbocycles. The van der Waals surface area contributed by atoms with E-state index in [0.717, 1.165) is 11.3 Å². The summed E-state index contributed by atoms with van der Waals surface area (Å²) < 4.78 is 23.3. The summed E-state index contributed by atoms with van der Waals surface area (Å²) in [5.41, 5.74) is 1.02. The van der Waals surface area contributed by atoms with Crippen LogP contribution in [0.25, 0.3) is 0 Å². The van der Waals surface area contributed by atoms with Gasteiger partial charge in [-0.05, 0) is 17.7 Å². The fourth-order valence-corrected chi connectivity index (χ4v) is 1.66. The monoisotopic (exact) mass is 262 g/mol. The van der Waals surface area contributed by atoms with Gasteiger partial charge in [0.1, 0.15) is 17.3 Å². The number of methoxy groups -OCH3 is 2. The average Bonchev–Trinajstić information content (AvgIpc) is 2.44. The van der Waals surface area contributed by atoms with Crippen LogP contribution in [0.15, 0.2) is 36.4 Å². The number of benzene rings is 1. The van der Waals surface area contributed by atoms with Crippen molar-refractivity contribution >= 4 is 5.82 Å². The number of pyridine rings is 1. The van der Waals surface area contributed by atoms with Crippen molar-refractivity contribution < 1.29 is 13.9 Å². The lowest BCUT2D eigenvalue weighted by Gasteiger charge is -2.08. The Morgan fingerprint density at radius 3 is 2.63 bits per heavy atom. The van der Waals surface area contributed by atoms with E-state index < -0.39 is 5.95 Å². The van der Waals surface area contributed by atoms with Crippen molar-refractivity contribution in [3.63, 3.8) is 0 Å². The van der Waals surface area contributed by atoms with Crippen LogP contribution in [-0.2, 0) is 6.54 Å². The number of ether oxygens (including phenoxy) is 2. The minimum atomic E-state index is -0.576. The maximum Gasteiger partial charge on any atom is 0.218 e. The van der Waals surface area contributed by atoms with Gasteiger partial charge in [0.05, 0.1) is 14.2 Å². The van der Waals surface area contributed by atoms with E-state index in [1.807, 2.05) is 24.3 Å². The zero-order chi connectivity index (χ0) is 13.7. The quantitative estimate of drug-likeness (QED) is 0.841. The number of anilines is 1. The van der Waals surface area contributed by atoms with Gasteiger partial charge >= 0.3 is 0 Å². The van der Waals surface area contributed by atoms with Crippen molar-refractivity contribution in [2.75, 3.05) is 19.5 Å². The molecule has 0 saturated carbocycles. The Hall–Kier alpha value is -2.30. The molecule has 4 nitrogen and oxygen atoms in total. The van der Waals surface area contributed by atoms with E-state index in [-0.39, 0.29) is 0 Å². The van der Waals surface area contributed by atoms with E-state index in [9.17, 15) is 4.39 Å². The summed E-state index contributed by atoms with van der Waals surface area (Å²) in [4.78, 5) is 3.75. The molecule has 2 aromatic rings. The van der Waals surface area contributed by atoms with Crippen LogP contribution in [-0.4, -0.2) is 19.2 Å². The van der Waals surface area contributed by atoms with Crippen LogP contribution < -0.4 is 14.8 Å². The molecular weight excluding hydrogens is 247 g/mol. The van der Waals surface area contributed by atoms with Gasteiger partial charge in [-0.1, -0.05) is 12.1 Å². The molecule has 1 heterocycles. The molecule has 0 unspecified atom stereocenters. The van der Waals surface area contributed by atoms with Crippen LogP contribution in [0.2, 0.25) is 0 Å². The Bertz CT molecular complexity index is 561. The predicted octanol–water partition coefficient (Wildman–Crippen LogP) is 2.85. The molecular formula is C14H15FN2O2. The van der Waals surface area contributed by atoms with E-state index in [1.54, 1.807) is 13.2 Å². The van der Waals surface area contributed by atoms with Crippen molar-refractivity contribution in [3.05, 3.63) is 47.9 Å². The second-order valence-corrected chi connectivity index (χ2v) is 3.92. The maximum absolute atomic E-state index is 13.2. The Morgan fingerprint density at radius 2 is 1.89 bits per heavy atom. The summed E-state index contributed by atoms with van der Waals surface area (Å²) in [5, 5.41) is 3.04. The number of nitrogens with one attached hydrogen (secondary N) is 1. The molecule has 0 radical (unpaired) electrons. The number of aromatic nitrogens is 1. The maximum atomic E-state index is 13.2. The normalized spacial score (nSPS) is 10.1. The van der Waals surface area contributed by atoms with Crippen LogP contribution in [0, 0.1) is 5.95 Å². The molecule has 0 saturated heterocycles. The summed E-state index contributed by atoms with van der Waals surface area (Å²) in [6.07, 6.45) is 0. The molecule has 0 atom stereocenters. The van der Waals surface area contributed by atoms with Gasteiger partial charge in [0, 0.05) is 18.7 Å². The Morgan fingerprint density at radius 1 is 1.11 bits per heavy atom. The molecule has 1 N–H and O–H groups in total. The molecule has 1 aromatic carbocycles. The van der Waals surface area contributed by atoms with Gasteiger partial charge in [-0.3, -0.25) is 0 Å². The third-order valence-corrected chi connectivity index (χ3v) is 2.61. The van der Waals surface area contributed by atoms with Crippen LogP contribution in [0.4, 0.5) is 10.2 Å². The molecule has 2 rings (SSSR count). The van der Waals surface area contributed by atoms with Crippen molar-refractivity contribution in [1.29, 1.82) is 0 Å². The molecule has 0 aliphatic heterocycles. The lowest BCUT2D eigenvalue weighted by atomic mass is 10.2. The minimum absolute atomic E-state index is 0.430. The van der Waals surface area contributed by atoms with E-state index >= 15 is 0 Å². The second-order valence-electron chi connectivity index (χ2n) is 3.92. The Kier molecular flexibility index (Phi) is 4.18. The molecule has 1 aromatic heterocycles. The van der Waals surface area contributed by atoms with Crippen LogP contribution in [0.3, 0.4) is 0 Å². The summed E-state index contributed by atoms with van der Waals surface area (Å²) in [5.74, 6) is 1.07. The van der Waals surface area contributed by atoms with Gasteiger partial charge in [-0.15, -0.1) is 0 Å². The largest absolute Gasteiger partial charge is 0.497 e. The van der Waals surface area contributed by atoms with Gasteiger partial charge in [0.15, 0.2) is 0 Å². The molecule has 0 aliphatic rings. The van der Waals surface area contributed by atoms with Gasteiger partial charge in [-0.2, -0.15) is 4.39 Å². The van der Waals surface area contributed by atoms with Crippen molar-refractivity contribution in [3.8, 4) is 11.5 Å². The summed E-state index contributed by atoms with van der Waals surface area (Å²) in [6, 6.07) is 10.5. The number of hydrogen-bond donors (Lipinski definition) is 1. The Labute approximate surface area is 111 Å². The first-order valence-electron chi connectivity index (χ1n) is 5.79. The van der Waals surface area contributed by atoms with Gasteiger partial charge in [0.25, 0.3) is 0 Å². The van der Waals surface area contributed by atoms with Crippen molar-refractivity contribution in [2.24, 2.45) is 0 Å². The summed E-state index contributed by atoms with van der Waals surface area (Å²) in [6.45, 7) is 0.525. The van der Waals surface area contributed by atoms with E-state index in [2.05, 4.69) is 10.3 Å². The first-order valence-corrected chi connectivity index (χ1v) is 5.79. The van der Waals surface area contributed by atoms with Crippen LogP contribution >= 0.6 is 0 Å². The zero-order valence-electron chi connectivity index (χ0n) is 10.8. The molecule has 0 bridgehead atoms. The van der Waals surface area contributed by atoms with Crippen molar-refractivity contribution in [1.82, 2.24) is 4.98 Å². The summed E-state index contributed by atoms with van der Waals surface area (Å²) >= 11 is 0. The number of nitrogens with zero attached hydrogens (tertiary/aromatic N) is 1. The molecule has 0 fully saturated rings. The first-order chi connectivity index (χ1) is 9.21. The number of rotatable bonds is 5. The Balaban J connectivity index is 2.07. The van der Waals surface area contributed by atoms with Crippen molar-refractivity contribution in [2.45, 2.75) is 6.54 Å². The van der Waals surface area contributed by atoms with Gasteiger partial charge in [-0.25, -0.2) is 4.98 Å². The fraction of sp³-hybridized carbons (Fsp3) is 0.214. The van der Waals surface area contributed by atoms with E-state index in [4.69, 9.17) is 9.47 Å². The standard InChI is InChI=1S/C14H15FN2O2/c1-18-11-5-3-4-10(6-11)9-16-14-8-12(19-2)7-13(15)17-14/h3-8H,9H2,1-2H3,(H,16,17). The first kappa shape index (κ1) is 13.1. The molecule has 100 valence electrons. The highest BCUT2D eigenvalue weighted by atomic mass is 19.1. The predicted molar refractivity (Wildman–Crippen MR) is 71.1 cm³/mol. The molecule has 0 spiro atoms. The molecule has 19 heavy (non-hydrogen) atoms. The minimum Gasteiger partial charge on any atom is -0.497 e. The topological polar surface area (TPSA) is 43.4 Å². The fourth-order valence-electron chi connectivity index (χ4n) is 1.66. The number of halogens is 1. The molecule has 5 heteroatoms. The summed E-state index contributed by atoms with van der Waals surface area (Å²) in [7, 11) is 3.10. The average molecular weight is 262 g/mol. The van der Waals surface area contributed by atoms with Gasteiger partial charge in [0.2, 0.25) is 5.95 Å². The highest BCUT2D eigenvalue weighted by Crippen LogP contribution is 2.18. The third-order valence-electron chi connectivity index (χ3n) is 2.61. The van der Waals surface area contributed by atoms with E-state index in [1.165, 1.54) is 13.2 Å². The van der Waals surface area contributed by atoms with E-state index in [0.29, 0.717) is 18.1 Å². The lowest BCUT2D eigenvalue weighted by Crippen LogP contribution is -2.03. The lowest BCUT2D eigenvalue weighted by molar-refractivity contribution is 0.409. The molecule has 0 amide bonds. The number of hydrogen-bond acceptors (Lipinski definition) is 4. The van der Waals surface area contributed by atoms with Crippen LogP contribution in [0.5, 0.6) is 11.5 Å². The van der Waals surface area contributed by atoms with Gasteiger partial charge < -0.3 is 14.8 Å². The third kappa shape index (κ3) is 3.58. The highest BCUT2D eigenvalue weighted by Gasteiger charge is 2.03. The second kappa shape index (κ2) is 6.04. The smallest absolute Gasteiger partial charge is 0.218 e. The zero-order valence-corrected chi connectivity index (χ0v) is 10.8. The SMILES string of the molecule is COc1cccc(CNc2cc(OC)cc(F)n2)c1. The van der Waals surface area contributed by atoms with Crippen LogP contribution in [0.1, 0.15) is 5.56 Å².